The van der Waals surface area contributed by atoms with Gasteiger partial charge in [0, 0.05) is 31.0 Å². The van der Waals surface area contributed by atoms with E-state index in [1.165, 1.54) is 16.8 Å². The molecule has 0 unspecified atom stereocenters. The molecule has 28 heavy (non-hydrogen) atoms. The van der Waals surface area contributed by atoms with Crippen LogP contribution in [0.5, 0.6) is 0 Å². The molecular weight excluding hydrogens is 397 g/mol. The molecular formula is C21H27Cl2N3O2. The maximum atomic E-state index is 12.3. The summed E-state index contributed by atoms with van der Waals surface area (Å²) in [4.78, 5) is 14.7. The second kappa shape index (κ2) is 10.1. The third-order valence-corrected chi connectivity index (χ3v) is 5.24. The van der Waals surface area contributed by atoms with Crippen LogP contribution in [-0.2, 0) is 22.5 Å². The number of halogens is 2. The summed E-state index contributed by atoms with van der Waals surface area (Å²) in [6, 6.07) is 16.7. The number of nitrogens with two attached hydrogens (primary N) is 1. The van der Waals surface area contributed by atoms with Crippen LogP contribution in [0.25, 0.3) is 0 Å². The van der Waals surface area contributed by atoms with E-state index in [1.54, 1.807) is 0 Å². The number of para-hydroxylation sites is 1. The molecule has 152 valence electrons. The van der Waals surface area contributed by atoms with Crippen molar-refractivity contribution < 1.29 is 9.53 Å². The fourth-order valence-electron chi connectivity index (χ4n) is 3.78. The van der Waals surface area contributed by atoms with Gasteiger partial charge >= 0.3 is 0 Å². The molecule has 2 aromatic rings. The number of fused-ring (bicyclic) bond motifs is 1. The monoisotopic (exact) mass is 423 g/mol. The lowest BCUT2D eigenvalue weighted by Gasteiger charge is -2.19. The van der Waals surface area contributed by atoms with Crippen LogP contribution in [0.15, 0.2) is 48.5 Å². The Hall–Kier alpha value is -1.79. The third-order valence-electron chi connectivity index (χ3n) is 5.24. The minimum atomic E-state index is -0.385. The Morgan fingerprint density at radius 2 is 1.86 bits per heavy atom. The molecule has 0 spiro atoms. The van der Waals surface area contributed by atoms with Crippen molar-refractivity contribution in [1.29, 1.82) is 0 Å². The van der Waals surface area contributed by atoms with Gasteiger partial charge in [0.2, 0.25) is 0 Å². The van der Waals surface area contributed by atoms with Gasteiger partial charge in [0.15, 0.2) is 0 Å². The van der Waals surface area contributed by atoms with E-state index in [4.69, 9.17) is 10.5 Å². The van der Waals surface area contributed by atoms with Crippen molar-refractivity contribution in [3.8, 4) is 0 Å². The molecule has 4 rings (SSSR count). The zero-order valence-electron chi connectivity index (χ0n) is 15.7. The van der Waals surface area contributed by atoms with Crippen LogP contribution in [-0.4, -0.2) is 31.2 Å². The van der Waals surface area contributed by atoms with Gasteiger partial charge in [-0.2, -0.15) is 0 Å². The minimum Gasteiger partial charge on any atom is -0.367 e. The number of hydrogen-bond donors (Lipinski definition) is 2. The average Bonchev–Trinajstić information content (AvgIpc) is 3.31. The molecule has 1 fully saturated rings. The highest BCUT2D eigenvalue weighted by atomic mass is 35.5. The first kappa shape index (κ1) is 22.5. The van der Waals surface area contributed by atoms with Gasteiger partial charge in [-0.15, -0.1) is 24.8 Å². The Morgan fingerprint density at radius 1 is 1.11 bits per heavy atom. The van der Waals surface area contributed by atoms with Gasteiger partial charge in [0.1, 0.15) is 6.10 Å². The van der Waals surface area contributed by atoms with Gasteiger partial charge in [0.25, 0.3) is 5.91 Å². The molecule has 2 atom stereocenters. The minimum absolute atomic E-state index is 0. The van der Waals surface area contributed by atoms with Crippen molar-refractivity contribution in [2.75, 3.05) is 23.3 Å². The molecule has 2 aliphatic rings. The molecule has 0 radical (unpaired) electrons. The number of hydrogen-bond acceptors (Lipinski definition) is 4. The van der Waals surface area contributed by atoms with Gasteiger partial charge in [0.05, 0.1) is 6.10 Å². The fraction of sp³-hybridized carbons (Fsp3) is 0.381. The van der Waals surface area contributed by atoms with E-state index in [2.05, 4.69) is 46.6 Å². The lowest BCUT2D eigenvalue weighted by atomic mass is 10.1. The van der Waals surface area contributed by atoms with Crippen molar-refractivity contribution in [3.05, 3.63) is 59.7 Å². The fourth-order valence-corrected chi connectivity index (χ4v) is 3.78. The number of anilines is 2. The number of carbonyl (C=O) groups excluding carboxylic acids is 1. The highest BCUT2D eigenvalue weighted by molar-refractivity contribution is 5.94. The summed E-state index contributed by atoms with van der Waals surface area (Å²) in [5, 5.41) is 2.95. The van der Waals surface area contributed by atoms with Crippen molar-refractivity contribution in [1.82, 2.24) is 0 Å². The van der Waals surface area contributed by atoms with E-state index in [0.29, 0.717) is 6.54 Å². The van der Waals surface area contributed by atoms with Gasteiger partial charge < -0.3 is 20.7 Å². The van der Waals surface area contributed by atoms with E-state index in [1.807, 2.05) is 12.1 Å². The van der Waals surface area contributed by atoms with Crippen LogP contribution >= 0.6 is 24.8 Å². The van der Waals surface area contributed by atoms with E-state index < -0.39 is 0 Å². The Morgan fingerprint density at radius 3 is 2.57 bits per heavy atom. The van der Waals surface area contributed by atoms with E-state index in [9.17, 15) is 4.79 Å². The first-order valence-corrected chi connectivity index (χ1v) is 9.31. The molecule has 3 N–H and O–H groups in total. The molecule has 2 aromatic carbocycles. The summed E-state index contributed by atoms with van der Waals surface area (Å²) in [7, 11) is 0. The van der Waals surface area contributed by atoms with Crippen molar-refractivity contribution in [2.45, 2.75) is 38.0 Å². The molecule has 0 aliphatic carbocycles. The van der Waals surface area contributed by atoms with Crippen molar-refractivity contribution >= 4 is 42.1 Å². The summed E-state index contributed by atoms with van der Waals surface area (Å²) in [6.45, 7) is 2.41. The molecule has 5 nitrogen and oxygen atoms in total. The van der Waals surface area contributed by atoms with Crippen molar-refractivity contribution in [3.63, 3.8) is 0 Å². The molecule has 2 heterocycles. The van der Waals surface area contributed by atoms with Crippen molar-refractivity contribution in [2.24, 2.45) is 5.73 Å². The Kier molecular flexibility index (Phi) is 8.13. The van der Waals surface area contributed by atoms with Crippen LogP contribution in [0.4, 0.5) is 11.4 Å². The highest BCUT2D eigenvalue weighted by Crippen LogP contribution is 2.29. The zero-order chi connectivity index (χ0) is 17.9. The normalized spacial score (nSPS) is 20.1. The lowest BCUT2D eigenvalue weighted by Crippen LogP contribution is -2.29. The predicted molar refractivity (Wildman–Crippen MR) is 118 cm³/mol. The Labute approximate surface area is 178 Å². The maximum Gasteiger partial charge on any atom is 0.253 e. The van der Waals surface area contributed by atoms with Crippen LogP contribution < -0.4 is 16.0 Å². The van der Waals surface area contributed by atoms with Crippen LogP contribution in [0, 0.1) is 0 Å². The molecule has 1 amide bonds. The average molecular weight is 424 g/mol. The highest BCUT2D eigenvalue weighted by Gasteiger charge is 2.29. The number of benzene rings is 2. The van der Waals surface area contributed by atoms with Gasteiger partial charge in [-0.3, -0.25) is 4.79 Å². The molecule has 0 aromatic heterocycles. The standard InChI is InChI=1S/C21H25N3O2.2ClH/c22-13-18-9-10-20(26-18)21(25)23-17-7-5-15(6-8-17)14-24-12-11-16-3-1-2-4-19(16)24;;/h1-8,18,20H,9-14,22H2,(H,23,25);2*1H/t18-,20+;;/m1../s1. The van der Waals surface area contributed by atoms with E-state index in [0.717, 1.165) is 38.0 Å². The van der Waals surface area contributed by atoms with E-state index >= 15 is 0 Å². The molecule has 0 bridgehead atoms. The summed E-state index contributed by atoms with van der Waals surface area (Å²) >= 11 is 0. The molecule has 2 aliphatic heterocycles. The third kappa shape index (κ3) is 4.97. The summed E-state index contributed by atoms with van der Waals surface area (Å²) < 4.78 is 5.65. The second-order valence-corrected chi connectivity index (χ2v) is 7.05. The number of nitrogens with one attached hydrogen (secondary N) is 1. The number of amides is 1. The summed E-state index contributed by atoms with van der Waals surface area (Å²) in [5.41, 5.74) is 10.4. The summed E-state index contributed by atoms with van der Waals surface area (Å²) in [6.07, 6.45) is 2.32. The molecule has 7 heteroatoms. The number of rotatable bonds is 5. The predicted octanol–water partition coefficient (Wildman–Crippen LogP) is 3.54. The number of ether oxygens (including phenoxy) is 1. The first-order chi connectivity index (χ1) is 12.7. The number of nitrogens with zero attached hydrogens (tertiary/aromatic N) is 1. The van der Waals surface area contributed by atoms with Gasteiger partial charge in [-0.1, -0.05) is 30.3 Å². The first-order valence-electron chi connectivity index (χ1n) is 9.31. The lowest BCUT2D eigenvalue weighted by molar-refractivity contribution is -0.126. The Bertz CT molecular complexity index is 785. The zero-order valence-corrected chi connectivity index (χ0v) is 17.3. The molecule has 0 saturated carbocycles. The van der Waals surface area contributed by atoms with Crippen LogP contribution in [0.3, 0.4) is 0 Å². The second-order valence-electron chi connectivity index (χ2n) is 7.05. The van der Waals surface area contributed by atoms with Crippen LogP contribution in [0.2, 0.25) is 0 Å². The topological polar surface area (TPSA) is 67.6 Å². The molecule has 1 saturated heterocycles. The maximum absolute atomic E-state index is 12.3. The number of carbonyl (C=O) groups is 1. The quantitative estimate of drug-likeness (QED) is 0.771. The largest absolute Gasteiger partial charge is 0.367 e. The smallest absolute Gasteiger partial charge is 0.253 e. The summed E-state index contributed by atoms with van der Waals surface area (Å²) in [5.74, 6) is -0.0813. The van der Waals surface area contributed by atoms with Gasteiger partial charge in [-0.05, 0) is 48.6 Å². The van der Waals surface area contributed by atoms with E-state index in [-0.39, 0.29) is 42.9 Å². The van der Waals surface area contributed by atoms with Gasteiger partial charge in [-0.25, -0.2) is 0 Å². The van der Waals surface area contributed by atoms with Crippen LogP contribution in [0.1, 0.15) is 24.0 Å². The SMILES string of the molecule is Cl.Cl.NC[C@H]1CC[C@@H](C(=O)Nc2ccc(CN3CCc4ccccc43)cc2)O1. The Balaban J connectivity index is 0.00000140.